The highest BCUT2D eigenvalue weighted by Crippen LogP contribution is 2.32. The summed E-state index contributed by atoms with van der Waals surface area (Å²) >= 11 is 0. The van der Waals surface area contributed by atoms with Crippen molar-refractivity contribution in [1.82, 2.24) is 9.78 Å². The molecule has 0 spiro atoms. The van der Waals surface area contributed by atoms with E-state index in [0.717, 1.165) is 17.1 Å². The summed E-state index contributed by atoms with van der Waals surface area (Å²) in [6.07, 6.45) is 5.04. The van der Waals surface area contributed by atoms with Gasteiger partial charge in [0.15, 0.2) is 0 Å². The van der Waals surface area contributed by atoms with Gasteiger partial charge in [0, 0.05) is 12.6 Å². The van der Waals surface area contributed by atoms with E-state index in [-0.39, 0.29) is 0 Å². The number of anilines is 1. The first-order chi connectivity index (χ1) is 8.66. The van der Waals surface area contributed by atoms with Gasteiger partial charge in [-0.25, -0.2) is 0 Å². The normalized spacial score (nSPS) is 14.6. The van der Waals surface area contributed by atoms with Gasteiger partial charge in [-0.15, -0.1) is 0 Å². The molecule has 1 heterocycles. The molecule has 2 aromatic rings. The number of nitrogens with two attached hydrogens (primary N) is 1. The second-order valence-corrected chi connectivity index (χ2v) is 5.16. The highest BCUT2D eigenvalue weighted by atomic mass is 15.3. The molecule has 0 saturated carbocycles. The fraction of sp³-hybridized carbons (Fsp3) is 0.400. The highest BCUT2D eigenvalue weighted by molar-refractivity contribution is 5.77. The van der Waals surface area contributed by atoms with Crippen molar-refractivity contribution in [2.45, 2.75) is 32.6 Å². The molecular formula is C15H19N3. The third-order valence-electron chi connectivity index (χ3n) is 3.90. The average Bonchev–Trinajstić information content (AvgIpc) is 2.63. The van der Waals surface area contributed by atoms with Crippen LogP contribution in [0.2, 0.25) is 0 Å². The molecule has 94 valence electrons. The van der Waals surface area contributed by atoms with Crippen LogP contribution in [0.3, 0.4) is 0 Å². The maximum absolute atomic E-state index is 6.11. The Morgan fingerprint density at radius 1 is 1.17 bits per heavy atom. The van der Waals surface area contributed by atoms with Crippen LogP contribution in [0, 0.1) is 6.92 Å². The summed E-state index contributed by atoms with van der Waals surface area (Å²) in [5.74, 6) is 0.753. The molecule has 0 unspecified atom stereocenters. The Bertz CT molecular complexity index is 596. The molecule has 0 atom stereocenters. The highest BCUT2D eigenvalue weighted by Gasteiger charge is 2.15. The lowest BCUT2D eigenvalue weighted by atomic mass is 9.89. The Hall–Kier alpha value is -1.77. The monoisotopic (exact) mass is 241 g/mol. The zero-order valence-corrected chi connectivity index (χ0v) is 11.0. The van der Waals surface area contributed by atoms with Crippen LogP contribution in [0.4, 0.5) is 5.82 Å². The lowest BCUT2D eigenvalue weighted by molar-refractivity contribution is 0.686. The van der Waals surface area contributed by atoms with Crippen molar-refractivity contribution >= 4 is 5.82 Å². The molecule has 3 rings (SSSR count). The van der Waals surface area contributed by atoms with Gasteiger partial charge in [-0.3, -0.25) is 4.68 Å². The Morgan fingerprint density at radius 3 is 2.56 bits per heavy atom. The topological polar surface area (TPSA) is 43.8 Å². The number of nitrogens with zero attached hydrogens (tertiary/aromatic N) is 2. The van der Waals surface area contributed by atoms with Crippen LogP contribution >= 0.6 is 0 Å². The van der Waals surface area contributed by atoms with Crippen LogP contribution in [-0.4, -0.2) is 9.78 Å². The summed E-state index contributed by atoms with van der Waals surface area (Å²) in [4.78, 5) is 0. The van der Waals surface area contributed by atoms with Crippen LogP contribution in [-0.2, 0) is 19.9 Å². The van der Waals surface area contributed by atoms with Gasteiger partial charge in [0.25, 0.3) is 0 Å². The van der Waals surface area contributed by atoms with Gasteiger partial charge in [-0.05, 0) is 49.3 Å². The number of hydrogen-bond acceptors (Lipinski definition) is 2. The van der Waals surface area contributed by atoms with Crippen molar-refractivity contribution in [3.63, 3.8) is 0 Å². The zero-order chi connectivity index (χ0) is 12.7. The van der Waals surface area contributed by atoms with E-state index in [0.29, 0.717) is 0 Å². The summed E-state index contributed by atoms with van der Waals surface area (Å²) < 4.78 is 1.75. The van der Waals surface area contributed by atoms with Crippen molar-refractivity contribution in [3.05, 3.63) is 35.0 Å². The molecule has 1 aromatic carbocycles. The first kappa shape index (κ1) is 11.3. The van der Waals surface area contributed by atoms with Gasteiger partial charge in [-0.1, -0.05) is 18.2 Å². The van der Waals surface area contributed by atoms with Gasteiger partial charge in [-0.2, -0.15) is 5.10 Å². The van der Waals surface area contributed by atoms with Crippen molar-refractivity contribution in [3.8, 4) is 11.1 Å². The van der Waals surface area contributed by atoms with Crippen LogP contribution in [0.15, 0.2) is 18.2 Å². The van der Waals surface area contributed by atoms with Gasteiger partial charge < -0.3 is 5.73 Å². The number of aromatic nitrogens is 2. The standard InChI is InChI=1S/C15H19N3/c1-10-14(15(16)18(2)17-10)13-8-7-11-5-3-4-6-12(11)9-13/h7-9H,3-6,16H2,1-2H3. The number of nitrogen functional groups attached to an aromatic ring is 1. The Balaban J connectivity index is 2.12. The number of hydrogen-bond donors (Lipinski definition) is 1. The van der Waals surface area contributed by atoms with Crippen LogP contribution in [0.1, 0.15) is 29.7 Å². The van der Waals surface area contributed by atoms with E-state index >= 15 is 0 Å². The van der Waals surface area contributed by atoms with Crippen LogP contribution in [0.5, 0.6) is 0 Å². The average molecular weight is 241 g/mol. The van der Waals surface area contributed by atoms with E-state index in [1.54, 1.807) is 4.68 Å². The summed E-state index contributed by atoms with van der Waals surface area (Å²) in [5.41, 5.74) is 12.4. The van der Waals surface area contributed by atoms with E-state index in [1.807, 2.05) is 14.0 Å². The number of aryl methyl sites for hydroxylation is 4. The zero-order valence-electron chi connectivity index (χ0n) is 11.0. The minimum atomic E-state index is 0.753. The van der Waals surface area contributed by atoms with E-state index in [4.69, 9.17) is 5.73 Å². The number of fused-ring (bicyclic) bond motifs is 1. The van der Waals surface area contributed by atoms with Crippen LogP contribution in [0.25, 0.3) is 11.1 Å². The fourth-order valence-corrected chi connectivity index (χ4v) is 2.92. The molecule has 0 aliphatic heterocycles. The van der Waals surface area contributed by atoms with Crippen molar-refractivity contribution in [2.24, 2.45) is 7.05 Å². The molecule has 1 aromatic heterocycles. The van der Waals surface area contributed by atoms with Crippen molar-refractivity contribution in [2.75, 3.05) is 5.73 Å². The molecule has 0 fully saturated rings. The molecule has 0 amide bonds. The van der Waals surface area contributed by atoms with E-state index in [1.165, 1.54) is 42.4 Å². The summed E-state index contributed by atoms with van der Waals surface area (Å²) in [6, 6.07) is 6.75. The first-order valence-electron chi connectivity index (χ1n) is 6.58. The fourth-order valence-electron chi connectivity index (χ4n) is 2.92. The second-order valence-electron chi connectivity index (χ2n) is 5.16. The molecule has 3 nitrogen and oxygen atoms in total. The molecule has 1 aliphatic rings. The van der Waals surface area contributed by atoms with Gasteiger partial charge >= 0.3 is 0 Å². The summed E-state index contributed by atoms with van der Waals surface area (Å²) in [7, 11) is 1.89. The summed E-state index contributed by atoms with van der Waals surface area (Å²) in [6.45, 7) is 2.02. The van der Waals surface area contributed by atoms with Crippen molar-refractivity contribution in [1.29, 1.82) is 0 Å². The molecule has 3 heteroatoms. The largest absolute Gasteiger partial charge is 0.383 e. The van der Waals surface area contributed by atoms with E-state index in [2.05, 4.69) is 23.3 Å². The molecule has 18 heavy (non-hydrogen) atoms. The van der Waals surface area contributed by atoms with E-state index in [9.17, 15) is 0 Å². The predicted octanol–water partition coefficient (Wildman–Crippen LogP) is 2.86. The Kier molecular flexibility index (Phi) is 2.62. The SMILES string of the molecule is Cc1nn(C)c(N)c1-c1ccc2c(c1)CCCC2. The Labute approximate surface area is 108 Å². The van der Waals surface area contributed by atoms with Gasteiger partial charge in [0.1, 0.15) is 5.82 Å². The van der Waals surface area contributed by atoms with Gasteiger partial charge in [0.2, 0.25) is 0 Å². The smallest absolute Gasteiger partial charge is 0.129 e. The number of rotatable bonds is 1. The quantitative estimate of drug-likeness (QED) is 0.834. The minimum absolute atomic E-state index is 0.753. The lowest BCUT2D eigenvalue weighted by Gasteiger charge is -2.16. The predicted molar refractivity (Wildman–Crippen MR) is 74.4 cm³/mol. The minimum Gasteiger partial charge on any atom is -0.383 e. The second kappa shape index (κ2) is 4.16. The molecule has 0 radical (unpaired) electrons. The third-order valence-corrected chi connectivity index (χ3v) is 3.90. The van der Waals surface area contributed by atoms with Crippen LogP contribution < -0.4 is 5.73 Å². The van der Waals surface area contributed by atoms with E-state index < -0.39 is 0 Å². The number of benzene rings is 1. The maximum Gasteiger partial charge on any atom is 0.129 e. The van der Waals surface area contributed by atoms with Crippen molar-refractivity contribution < 1.29 is 0 Å². The molecule has 0 saturated heterocycles. The first-order valence-corrected chi connectivity index (χ1v) is 6.58. The Morgan fingerprint density at radius 2 is 1.89 bits per heavy atom. The maximum atomic E-state index is 6.11. The lowest BCUT2D eigenvalue weighted by Crippen LogP contribution is -2.03. The third kappa shape index (κ3) is 1.70. The molecule has 0 bridgehead atoms. The molecule has 1 aliphatic carbocycles. The molecular weight excluding hydrogens is 222 g/mol. The molecule has 2 N–H and O–H groups in total. The van der Waals surface area contributed by atoms with Gasteiger partial charge in [0.05, 0.1) is 5.69 Å². The summed E-state index contributed by atoms with van der Waals surface area (Å²) in [5, 5.41) is 4.39.